The highest BCUT2D eigenvalue weighted by molar-refractivity contribution is 9.10. The van der Waals surface area contributed by atoms with Crippen molar-refractivity contribution in [2.45, 2.75) is 4.21 Å². The molecule has 1 aromatic carbocycles. The van der Waals surface area contributed by atoms with E-state index in [0.29, 0.717) is 5.01 Å². The van der Waals surface area contributed by atoms with E-state index in [-0.39, 0.29) is 23.3 Å². The number of thiazole rings is 1. The molecule has 0 atom stereocenters. The van der Waals surface area contributed by atoms with Crippen LogP contribution in [0.1, 0.15) is 0 Å². The standard InChI is InChI=1S/C13H12BrN3O3S2/c1-16-8-17(7-11(16)18)22(19,20)12-6-15-13(21-12)9-2-4-10(14)5-3-9/h2-6H,7-8H2,1H3. The van der Waals surface area contributed by atoms with E-state index in [2.05, 4.69) is 20.9 Å². The zero-order valence-electron chi connectivity index (χ0n) is 11.6. The molecule has 6 nitrogen and oxygen atoms in total. The fourth-order valence-electron chi connectivity index (χ4n) is 2.03. The van der Waals surface area contributed by atoms with E-state index in [9.17, 15) is 13.2 Å². The number of likely N-dealkylation sites (N-methyl/N-ethyl adjacent to an activating group) is 1. The second kappa shape index (κ2) is 5.73. The van der Waals surface area contributed by atoms with E-state index in [1.54, 1.807) is 7.05 Å². The second-order valence-electron chi connectivity index (χ2n) is 4.84. The van der Waals surface area contributed by atoms with Crippen molar-refractivity contribution in [1.29, 1.82) is 0 Å². The van der Waals surface area contributed by atoms with Crippen molar-refractivity contribution in [3.8, 4) is 10.6 Å². The minimum absolute atomic E-state index is 0.0761. The summed E-state index contributed by atoms with van der Waals surface area (Å²) < 4.78 is 27.3. The van der Waals surface area contributed by atoms with Crippen LogP contribution in [0.5, 0.6) is 0 Å². The van der Waals surface area contributed by atoms with Gasteiger partial charge in [0.1, 0.15) is 5.01 Å². The van der Waals surface area contributed by atoms with Crippen LogP contribution in [0, 0.1) is 0 Å². The predicted molar refractivity (Wildman–Crippen MR) is 86.8 cm³/mol. The van der Waals surface area contributed by atoms with Crippen molar-refractivity contribution in [2.75, 3.05) is 20.3 Å². The maximum absolute atomic E-state index is 12.5. The van der Waals surface area contributed by atoms with Gasteiger partial charge in [0.05, 0.1) is 19.4 Å². The lowest BCUT2D eigenvalue weighted by atomic mass is 10.2. The van der Waals surface area contributed by atoms with Crippen LogP contribution < -0.4 is 0 Å². The van der Waals surface area contributed by atoms with Crippen molar-refractivity contribution in [1.82, 2.24) is 14.2 Å². The maximum Gasteiger partial charge on any atom is 0.256 e. The first-order valence-electron chi connectivity index (χ1n) is 6.34. The number of aromatic nitrogens is 1. The molecular weight excluding hydrogens is 390 g/mol. The van der Waals surface area contributed by atoms with Gasteiger partial charge in [0, 0.05) is 17.1 Å². The largest absolute Gasteiger partial charge is 0.331 e. The van der Waals surface area contributed by atoms with Gasteiger partial charge in [0.2, 0.25) is 5.91 Å². The summed E-state index contributed by atoms with van der Waals surface area (Å²) in [6.07, 6.45) is 1.35. The molecule has 0 saturated carbocycles. The fourth-order valence-corrected chi connectivity index (χ4v) is 4.97. The first-order valence-corrected chi connectivity index (χ1v) is 9.39. The Balaban J connectivity index is 1.90. The Labute approximate surface area is 140 Å². The molecule has 0 spiro atoms. The number of carbonyl (C=O) groups is 1. The Kier molecular flexibility index (Phi) is 4.06. The normalized spacial score (nSPS) is 16.5. The molecule has 0 bridgehead atoms. The summed E-state index contributed by atoms with van der Waals surface area (Å²) in [6.45, 7) is -0.0446. The van der Waals surface area contributed by atoms with E-state index >= 15 is 0 Å². The average Bonchev–Trinajstić information content (AvgIpc) is 3.08. The highest BCUT2D eigenvalue weighted by Crippen LogP contribution is 2.31. The fraction of sp³-hybridized carbons (Fsp3) is 0.231. The molecule has 22 heavy (non-hydrogen) atoms. The lowest BCUT2D eigenvalue weighted by Gasteiger charge is -2.13. The van der Waals surface area contributed by atoms with Crippen LogP contribution in [0.25, 0.3) is 10.6 Å². The van der Waals surface area contributed by atoms with Gasteiger partial charge in [-0.2, -0.15) is 4.31 Å². The Morgan fingerprint density at radius 3 is 2.55 bits per heavy atom. The van der Waals surface area contributed by atoms with Crippen LogP contribution in [0.2, 0.25) is 0 Å². The first kappa shape index (κ1) is 15.6. The molecule has 1 aliphatic heterocycles. The molecule has 2 aromatic rings. The third-order valence-electron chi connectivity index (χ3n) is 3.28. The topological polar surface area (TPSA) is 70.6 Å². The number of benzene rings is 1. The quantitative estimate of drug-likeness (QED) is 0.788. The molecule has 1 aliphatic rings. The molecule has 0 aliphatic carbocycles. The van der Waals surface area contributed by atoms with Gasteiger partial charge in [0.25, 0.3) is 10.0 Å². The molecule has 0 unspecified atom stereocenters. The Bertz CT molecular complexity index is 817. The monoisotopic (exact) mass is 401 g/mol. The molecule has 0 N–H and O–H groups in total. The summed E-state index contributed by atoms with van der Waals surface area (Å²) in [5.74, 6) is -0.207. The summed E-state index contributed by atoms with van der Waals surface area (Å²) in [6, 6.07) is 7.48. The van der Waals surface area contributed by atoms with E-state index in [0.717, 1.165) is 25.7 Å². The highest BCUT2D eigenvalue weighted by atomic mass is 79.9. The van der Waals surface area contributed by atoms with Gasteiger partial charge >= 0.3 is 0 Å². The lowest BCUT2D eigenvalue weighted by molar-refractivity contribution is -0.125. The lowest BCUT2D eigenvalue weighted by Crippen LogP contribution is -2.29. The molecule has 1 aromatic heterocycles. The number of hydrogen-bond donors (Lipinski definition) is 0. The highest BCUT2D eigenvalue weighted by Gasteiger charge is 2.35. The Morgan fingerprint density at radius 1 is 1.27 bits per heavy atom. The zero-order valence-corrected chi connectivity index (χ0v) is 14.8. The van der Waals surface area contributed by atoms with Gasteiger partial charge in [-0.3, -0.25) is 4.79 Å². The van der Waals surface area contributed by atoms with Crippen LogP contribution in [-0.4, -0.2) is 48.8 Å². The summed E-state index contributed by atoms with van der Waals surface area (Å²) in [5.41, 5.74) is 0.851. The first-order chi connectivity index (χ1) is 10.4. The van der Waals surface area contributed by atoms with Gasteiger partial charge in [-0.1, -0.05) is 28.1 Å². The predicted octanol–water partition coefficient (Wildman–Crippen LogP) is 1.99. The third-order valence-corrected chi connectivity index (χ3v) is 7.07. The Hall–Kier alpha value is -1.29. The molecule has 116 valence electrons. The van der Waals surface area contributed by atoms with Crippen LogP contribution in [0.3, 0.4) is 0 Å². The number of sulfonamides is 1. The average molecular weight is 402 g/mol. The minimum atomic E-state index is -3.68. The smallest absolute Gasteiger partial charge is 0.256 e. The molecule has 9 heteroatoms. The summed E-state index contributed by atoms with van der Waals surface area (Å²) in [5, 5.41) is 0.630. The summed E-state index contributed by atoms with van der Waals surface area (Å²) in [7, 11) is -2.10. The molecule has 1 amide bonds. The van der Waals surface area contributed by atoms with Gasteiger partial charge in [0.15, 0.2) is 4.21 Å². The number of hydrogen-bond acceptors (Lipinski definition) is 5. The number of halogens is 1. The van der Waals surface area contributed by atoms with Gasteiger partial charge in [-0.05, 0) is 12.1 Å². The van der Waals surface area contributed by atoms with Gasteiger partial charge in [-0.15, -0.1) is 11.3 Å². The summed E-state index contributed by atoms with van der Waals surface area (Å²) >= 11 is 4.46. The number of nitrogens with zero attached hydrogens (tertiary/aromatic N) is 3. The molecule has 0 radical (unpaired) electrons. The molecule has 1 fully saturated rings. The SMILES string of the molecule is CN1CN(S(=O)(=O)c2cnc(-c3ccc(Br)cc3)s2)CC1=O. The van der Waals surface area contributed by atoms with E-state index in [4.69, 9.17) is 0 Å². The van der Waals surface area contributed by atoms with Gasteiger partial charge in [-0.25, -0.2) is 13.4 Å². The minimum Gasteiger partial charge on any atom is -0.331 e. The third kappa shape index (κ3) is 2.81. The number of amides is 1. The number of carbonyl (C=O) groups excluding carboxylic acids is 1. The van der Waals surface area contributed by atoms with Crippen LogP contribution in [-0.2, 0) is 14.8 Å². The summed E-state index contributed by atoms with van der Waals surface area (Å²) in [4.78, 5) is 17.1. The number of rotatable bonds is 3. The molecule has 2 heterocycles. The second-order valence-corrected chi connectivity index (χ2v) is 8.95. The van der Waals surface area contributed by atoms with Crippen molar-refractivity contribution in [2.24, 2.45) is 0 Å². The maximum atomic E-state index is 12.5. The van der Waals surface area contributed by atoms with E-state index < -0.39 is 10.0 Å². The Morgan fingerprint density at radius 2 is 1.95 bits per heavy atom. The van der Waals surface area contributed by atoms with Crippen molar-refractivity contribution in [3.63, 3.8) is 0 Å². The van der Waals surface area contributed by atoms with Crippen LogP contribution in [0.15, 0.2) is 39.1 Å². The zero-order chi connectivity index (χ0) is 15.9. The van der Waals surface area contributed by atoms with Crippen LogP contribution >= 0.6 is 27.3 Å². The van der Waals surface area contributed by atoms with E-state index in [1.807, 2.05) is 24.3 Å². The van der Waals surface area contributed by atoms with E-state index in [1.165, 1.54) is 11.1 Å². The molecule has 3 rings (SSSR count). The molecular formula is C13H12BrN3O3S2. The van der Waals surface area contributed by atoms with Crippen molar-refractivity contribution >= 4 is 43.2 Å². The van der Waals surface area contributed by atoms with Crippen LogP contribution in [0.4, 0.5) is 0 Å². The molecule has 1 saturated heterocycles. The van der Waals surface area contributed by atoms with Gasteiger partial charge < -0.3 is 4.90 Å². The van der Waals surface area contributed by atoms with Crippen molar-refractivity contribution in [3.05, 3.63) is 34.9 Å². The van der Waals surface area contributed by atoms with Crippen molar-refractivity contribution < 1.29 is 13.2 Å².